The molecule has 0 aromatic rings. The first kappa shape index (κ1) is 14.3. The molecule has 1 fully saturated rings. The van der Waals surface area contributed by atoms with Crippen molar-refractivity contribution in [3.05, 3.63) is 0 Å². The molecule has 2 nitrogen and oxygen atoms in total. The molecule has 1 aliphatic heterocycles. The van der Waals surface area contributed by atoms with Gasteiger partial charge in [-0.25, -0.2) is 0 Å². The summed E-state index contributed by atoms with van der Waals surface area (Å²) in [6.45, 7) is 3.79. The lowest BCUT2D eigenvalue weighted by Gasteiger charge is -2.35. The second-order valence-electron chi connectivity index (χ2n) is 5.12. The first-order chi connectivity index (χ1) is 7.74. The highest BCUT2D eigenvalue weighted by molar-refractivity contribution is 6.17. The highest BCUT2D eigenvalue weighted by Gasteiger charge is 2.19. The molecule has 0 atom stereocenters. The fourth-order valence-electron chi connectivity index (χ4n) is 2.43. The Labute approximate surface area is 106 Å². The van der Waals surface area contributed by atoms with Crippen LogP contribution < -0.4 is 0 Å². The molecular formula is C13H27ClN2. The van der Waals surface area contributed by atoms with Crippen LogP contribution in [0.25, 0.3) is 0 Å². The molecular weight excluding hydrogens is 220 g/mol. The lowest BCUT2D eigenvalue weighted by Crippen LogP contribution is -2.42. The molecule has 0 aliphatic carbocycles. The highest BCUT2D eigenvalue weighted by atomic mass is 35.5. The van der Waals surface area contributed by atoms with Crippen molar-refractivity contribution in [2.75, 3.05) is 39.6 Å². The summed E-state index contributed by atoms with van der Waals surface area (Å²) in [5.74, 6) is 0.824. The maximum absolute atomic E-state index is 5.66. The first-order valence-electron chi connectivity index (χ1n) is 6.69. The number of halogens is 1. The van der Waals surface area contributed by atoms with E-state index in [9.17, 15) is 0 Å². The molecule has 96 valence electrons. The number of unbranched alkanes of at least 4 members (excludes halogenated alkanes) is 3. The summed E-state index contributed by atoms with van der Waals surface area (Å²) in [5.41, 5.74) is 0. The van der Waals surface area contributed by atoms with Crippen molar-refractivity contribution in [1.29, 1.82) is 0 Å². The maximum atomic E-state index is 5.66. The number of hydrogen-bond acceptors (Lipinski definition) is 2. The van der Waals surface area contributed by atoms with Gasteiger partial charge in [0, 0.05) is 11.9 Å². The van der Waals surface area contributed by atoms with Gasteiger partial charge in [0.25, 0.3) is 0 Å². The van der Waals surface area contributed by atoms with E-state index in [-0.39, 0.29) is 0 Å². The van der Waals surface area contributed by atoms with Gasteiger partial charge >= 0.3 is 0 Å². The Bertz CT molecular complexity index is 167. The zero-order valence-corrected chi connectivity index (χ0v) is 11.7. The van der Waals surface area contributed by atoms with Gasteiger partial charge in [-0.2, -0.15) is 0 Å². The molecule has 16 heavy (non-hydrogen) atoms. The van der Waals surface area contributed by atoms with Crippen LogP contribution in [0, 0.1) is 0 Å². The number of rotatable bonds is 7. The smallest absolute Gasteiger partial charge is 0.0223 e. The SMILES string of the molecule is CN1CCC(N(C)CCCCCCCl)CC1. The fourth-order valence-corrected chi connectivity index (χ4v) is 2.62. The van der Waals surface area contributed by atoms with Gasteiger partial charge in [-0.15, -0.1) is 11.6 Å². The Balaban J connectivity index is 2.03. The average molecular weight is 247 g/mol. The van der Waals surface area contributed by atoms with Crippen molar-refractivity contribution in [1.82, 2.24) is 9.80 Å². The number of piperidine rings is 1. The van der Waals surface area contributed by atoms with Crippen molar-refractivity contribution in [2.45, 2.75) is 44.6 Å². The van der Waals surface area contributed by atoms with E-state index < -0.39 is 0 Å². The third-order valence-corrected chi connectivity index (χ3v) is 3.97. The van der Waals surface area contributed by atoms with Crippen LogP contribution in [-0.4, -0.2) is 55.5 Å². The predicted octanol–water partition coefficient (Wildman–Crippen LogP) is 2.81. The van der Waals surface area contributed by atoms with Crippen LogP contribution in [0.4, 0.5) is 0 Å². The van der Waals surface area contributed by atoms with E-state index in [0.717, 1.165) is 11.9 Å². The molecule has 1 aliphatic rings. The molecule has 0 amide bonds. The van der Waals surface area contributed by atoms with E-state index in [4.69, 9.17) is 11.6 Å². The standard InChI is InChI=1S/C13H27ClN2/c1-15-11-7-13(8-12-15)16(2)10-6-4-3-5-9-14/h13H,3-12H2,1-2H3. The second-order valence-corrected chi connectivity index (χ2v) is 5.50. The van der Waals surface area contributed by atoms with E-state index in [1.165, 1.54) is 58.2 Å². The van der Waals surface area contributed by atoms with Crippen LogP contribution in [0.1, 0.15) is 38.5 Å². The average Bonchev–Trinajstić information content (AvgIpc) is 2.29. The van der Waals surface area contributed by atoms with E-state index >= 15 is 0 Å². The first-order valence-corrected chi connectivity index (χ1v) is 7.22. The van der Waals surface area contributed by atoms with Crippen molar-refractivity contribution in [3.8, 4) is 0 Å². The third kappa shape index (κ3) is 5.51. The van der Waals surface area contributed by atoms with Crippen LogP contribution in [-0.2, 0) is 0 Å². The van der Waals surface area contributed by atoms with Crippen LogP contribution in [0.3, 0.4) is 0 Å². The Hall–Kier alpha value is 0.210. The normalized spacial score (nSPS) is 19.5. The molecule has 1 saturated heterocycles. The Morgan fingerprint density at radius 1 is 1.12 bits per heavy atom. The number of likely N-dealkylation sites (tertiary alicyclic amines) is 1. The van der Waals surface area contributed by atoms with E-state index in [0.29, 0.717) is 0 Å². The minimum atomic E-state index is 0.823. The molecule has 0 radical (unpaired) electrons. The molecule has 0 N–H and O–H groups in total. The summed E-state index contributed by atoms with van der Waals surface area (Å²) in [7, 11) is 4.51. The summed E-state index contributed by atoms with van der Waals surface area (Å²) in [6.07, 6.45) is 7.83. The molecule has 3 heteroatoms. The van der Waals surface area contributed by atoms with Gasteiger partial charge in [0.15, 0.2) is 0 Å². The molecule has 1 rings (SSSR count). The Morgan fingerprint density at radius 2 is 1.75 bits per heavy atom. The minimum Gasteiger partial charge on any atom is -0.306 e. The van der Waals surface area contributed by atoms with Gasteiger partial charge in [0.1, 0.15) is 0 Å². The van der Waals surface area contributed by atoms with Gasteiger partial charge in [-0.3, -0.25) is 0 Å². The lowest BCUT2D eigenvalue weighted by molar-refractivity contribution is 0.142. The number of nitrogens with zero attached hydrogens (tertiary/aromatic N) is 2. The van der Waals surface area contributed by atoms with Crippen molar-refractivity contribution in [2.24, 2.45) is 0 Å². The monoisotopic (exact) mass is 246 g/mol. The molecule has 0 saturated carbocycles. The van der Waals surface area contributed by atoms with Gasteiger partial charge < -0.3 is 9.80 Å². The molecule has 0 aromatic heterocycles. The summed E-state index contributed by atoms with van der Waals surface area (Å²) in [6, 6.07) is 0.823. The largest absolute Gasteiger partial charge is 0.306 e. The van der Waals surface area contributed by atoms with Crippen LogP contribution in [0.15, 0.2) is 0 Å². The maximum Gasteiger partial charge on any atom is 0.0223 e. The fraction of sp³-hybridized carbons (Fsp3) is 1.00. The zero-order chi connectivity index (χ0) is 11.8. The molecule has 0 bridgehead atoms. The van der Waals surface area contributed by atoms with Gasteiger partial charge in [-0.1, -0.05) is 12.8 Å². The quantitative estimate of drug-likeness (QED) is 0.504. The van der Waals surface area contributed by atoms with Gasteiger partial charge in [0.2, 0.25) is 0 Å². The molecule has 0 spiro atoms. The molecule has 1 heterocycles. The second kappa shape index (κ2) is 8.32. The summed E-state index contributed by atoms with van der Waals surface area (Å²) < 4.78 is 0. The van der Waals surface area contributed by atoms with Crippen molar-refractivity contribution in [3.63, 3.8) is 0 Å². The van der Waals surface area contributed by atoms with Gasteiger partial charge in [-0.05, 0) is 59.4 Å². The van der Waals surface area contributed by atoms with Crippen LogP contribution in [0.2, 0.25) is 0 Å². The number of hydrogen-bond donors (Lipinski definition) is 0. The van der Waals surface area contributed by atoms with E-state index in [2.05, 4.69) is 23.9 Å². The number of alkyl halides is 1. The summed E-state index contributed by atoms with van der Waals surface area (Å²) in [4.78, 5) is 5.00. The highest BCUT2D eigenvalue weighted by Crippen LogP contribution is 2.14. The van der Waals surface area contributed by atoms with Crippen molar-refractivity contribution < 1.29 is 0 Å². The van der Waals surface area contributed by atoms with E-state index in [1.807, 2.05) is 0 Å². The summed E-state index contributed by atoms with van der Waals surface area (Å²) >= 11 is 5.66. The van der Waals surface area contributed by atoms with Crippen molar-refractivity contribution >= 4 is 11.6 Å². The van der Waals surface area contributed by atoms with Crippen LogP contribution >= 0.6 is 11.6 Å². The Kier molecular flexibility index (Phi) is 7.42. The van der Waals surface area contributed by atoms with E-state index in [1.54, 1.807) is 0 Å². The topological polar surface area (TPSA) is 6.48 Å². The predicted molar refractivity (Wildman–Crippen MR) is 72.3 cm³/mol. The third-order valence-electron chi connectivity index (χ3n) is 3.71. The molecule has 0 aromatic carbocycles. The minimum absolute atomic E-state index is 0.823. The summed E-state index contributed by atoms with van der Waals surface area (Å²) in [5, 5.41) is 0. The molecule has 0 unspecified atom stereocenters. The van der Waals surface area contributed by atoms with Crippen LogP contribution in [0.5, 0.6) is 0 Å². The Morgan fingerprint density at radius 3 is 2.38 bits per heavy atom. The lowest BCUT2D eigenvalue weighted by atomic mass is 10.0. The van der Waals surface area contributed by atoms with Gasteiger partial charge in [0.05, 0.1) is 0 Å². The zero-order valence-electron chi connectivity index (χ0n) is 10.9.